The van der Waals surface area contributed by atoms with Crippen LogP contribution in [0.1, 0.15) is 22.3 Å². The fourth-order valence-corrected chi connectivity index (χ4v) is 1.92. The number of carbonyl (C=O) groups is 1. The number of amides is 1. The largest absolute Gasteiger partial charge is 0.507 e. The van der Waals surface area contributed by atoms with Crippen molar-refractivity contribution in [3.63, 3.8) is 0 Å². The van der Waals surface area contributed by atoms with Crippen LogP contribution < -0.4 is 0 Å². The summed E-state index contributed by atoms with van der Waals surface area (Å²) in [5.74, 6) is -0.208. The number of aliphatic hydroxyl groups is 1. The molecule has 1 aliphatic heterocycles. The minimum absolute atomic E-state index is 0.00592. The van der Waals surface area contributed by atoms with Gasteiger partial charge in [-0.1, -0.05) is 6.07 Å². The van der Waals surface area contributed by atoms with Crippen molar-refractivity contribution in [1.29, 1.82) is 0 Å². The quantitative estimate of drug-likeness (QED) is 0.741. The number of carbonyl (C=O) groups excluding carboxylic acids is 1. The molecule has 4 nitrogen and oxygen atoms in total. The van der Waals surface area contributed by atoms with E-state index < -0.39 is 6.10 Å². The van der Waals surface area contributed by atoms with Crippen LogP contribution in [0, 0.1) is 6.92 Å². The maximum absolute atomic E-state index is 12.0. The van der Waals surface area contributed by atoms with Gasteiger partial charge in [0.2, 0.25) is 0 Å². The molecule has 2 N–H and O–H groups in total. The van der Waals surface area contributed by atoms with Crippen molar-refractivity contribution < 1.29 is 15.0 Å². The Bertz CT molecular complexity index is 417. The van der Waals surface area contributed by atoms with Crippen molar-refractivity contribution in [3.8, 4) is 5.75 Å². The summed E-state index contributed by atoms with van der Waals surface area (Å²) in [6.07, 6.45) is 0.176. The van der Waals surface area contributed by atoms with Crippen molar-refractivity contribution in [2.45, 2.75) is 19.4 Å². The van der Waals surface area contributed by atoms with Gasteiger partial charge >= 0.3 is 0 Å². The predicted molar refractivity (Wildman–Crippen MR) is 59.4 cm³/mol. The predicted octanol–water partition coefficient (Wildman–Crippen LogP) is 0.907. The highest BCUT2D eigenvalue weighted by Gasteiger charge is 2.26. The molecular formula is C12H15NO3. The number of β-amino-alcohol motifs (C(OH)–C–C–N with tert-alkyl or cyclic N) is 1. The standard InChI is InChI=1S/C12H15NO3/c1-8-2-3-10(11(15)6-8)12(16)13-5-4-9(14)7-13/h2-3,6,9,14-15H,4-5,7H2,1H3. The molecular weight excluding hydrogens is 206 g/mol. The van der Waals surface area contributed by atoms with Crippen molar-refractivity contribution in [2.24, 2.45) is 0 Å². The number of aryl methyl sites for hydroxylation is 1. The van der Waals surface area contributed by atoms with E-state index in [1.165, 1.54) is 0 Å². The summed E-state index contributed by atoms with van der Waals surface area (Å²) in [4.78, 5) is 13.5. The second-order valence-electron chi connectivity index (χ2n) is 4.21. The van der Waals surface area contributed by atoms with E-state index in [1.807, 2.05) is 6.92 Å². The lowest BCUT2D eigenvalue weighted by molar-refractivity contribution is 0.0762. The topological polar surface area (TPSA) is 60.8 Å². The number of phenolic OH excluding ortho intramolecular Hbond substituents is 1. The lowest BCUT2D eigenvalue weighted by Crippen LogP contribution is -2.29. The summed E-state index contributed by atoms with van der Waals surface area (Å²) in [7, 11) is 0. The van der Waals surface area contributed by atoms with Gasteiger partial charge in [0.05, 0.1) is 11.7 Å². The average molecular weight is 221 g/mol. The number of aliphatic hydroxyl groups excluding tert-OH is 1. The maximum atomic E-state index is 12.0. The maximum Gasteiger partial charge on any atom is 0.257 e. The third-order valence-corrected chi connectivity index (χ3v) is 2.83. The molecule has 0 spiro atoms. The van der Waals surface area contributed by atoms with Crippen molar-refractivity contribution in [2.75, 3.05) is 13.1 Å². The summed E-state index contributed by atoms with van der Waals surface area (Å²) in [5.41, 5.74) is 1.22. The molecule has 0 radical (unpaired) electrons. The van der Waals surface area contributed by atoms with Crippen LogP contribution in [0.2, 0.25) is 0 Å². The van der Waals surface area contributed by atoms with Gasteiger partial charge in [0.1, 0.15) is 5.75 Å². The zero-order valence-corrected chi connectivity index (χ0v) is 9.18. The van der Waals surface area contributed by atoms with Crippen LogP contribution in [0.15, 0.2) is 18.2 Å². The molecule has 0 aliphatic carbocycles. The van der Waals surface area contributed by atoms with Gasteiger partial charge in [-0.2, -0.15) is 0 Å². The second-order valence-corrected chi connectivity index (χ2v) is 4.21. The number of rotatable bonds is 1. The zero-order valence-electron chi connectivity index (χ0n) is 9.18. The van der Waals surface area contributed by atoms with E-state index in [2.05, 4.69) is 0 Å². The summed E-state index contributed by atoms with van der Waals surface area (Å²) >= 11 is 0. The minimum Gasteiger partial charge on any atom is -0.507 e. The second kappa shape index (κ2) is 4.14. The van der Waals surface area contributed by atoms with E-state index in [-0.39, 0.29) is 11.7 Å². The molecule has 1 aromatic rings. The molecule has 1 aliphatic rings. The number of aromatic hydroxyl groups is 1. The number of nitrogens with zero attached hydrogens (tertiary/aromatic N) is 1. The lowest BCUT2D eigenvalue weighted by atomic mass is 10.1. The van der Waals surface area contributed by atoms with E-state index in [0.29, 0.717) is 25.1 Å². The number of hydrogen-bond donors (Lipinski definition) is 2. The zero-order chi connectivity index (χ0) is 11.7. The van der Waals surface area contributed by atoms with Crippen molar-refractivity contribution >= 4 is 5.91 Å². The molecule has 1 saturated heterocycles. The highest BCUT2D eigenvalue weighted by molar-refractivity contribution is 5.97. The summed E-state index contributed by atoms with van der Waals surface area (Å²) in [6, 6.07) is 4.98. The Morgan fingerprint density at radius 3 is 2.81 bits per heavy atom. The summed E-state index contributed by atoms with van der Waals surface area (Å²) in [6.45, 7) is 2.76. The molecule has 4 heteroatoms. The number of likely N-dealkylation sites (tertiary alicyclic amines) is 1. The molecule has 0 bridgehead atoms. The molecule has 1 aromatic carbocycles. The third kappa shape index (κ3) is 2.02. The van der Waals surface area contributed by atoms with Crippen LogP contribution in [0.3, 0.4) is 0 Å². The van der Waals surface area contributed by atoms with E-state index in [9.17, 15) is 15.0 Å². The highest BCUT2D eigenvalue weighted by atomic mass is 16.3. The number of hydrogen-bond acceptors (Lipinski definition) is 3. The lowest BCUT2D eigenvalue weighted by Gasteiger charge is -2.16. The fraction of sp³-hybridized carbons (Fsp3) is 0.417. The number of phenols is 1. The van der Waals surface area contributed by atoms with E-state index >= 15 is 0 Å². The van der Waals surface area contributed by atoms with Crippen LogP contribution in [-0.2, 0) is 0 Å². The Hall–Kier alpha value is -1.55. The highest BCUT2D eigenvalue weighted by Crippen LogP contribution is 2.22. The first-order chi connectivity index (χ1) is 7.58. The molecule has 16 heavy (non-hydrogen) atoms. The summed E-state index contributed by atoms with van der Waals surface area (Å²) in [5, 5.41) is 19.0. The van der Waals surface area contributed by atoms with Crippen LogP contribution in [0.4, 0.5) is 0 Å². The monoisotopic (exact) mass is 221 g/mol. The van der Waals surface area contributed by atoms with Gasteiger partial charge in [-0.25, -0.2) is 0 Å². The van der Waals surface area contributed by atoms with Crippen molar-refractivity contribution in [1.82, 2.24) is 4.90 Å². The molecule has 86 valence electrons. The van der Waals surface area contributed by atoms with Gasteiger partial charge in [-0.05, 0) is 31.0 Å². The molecule has 1 amide bonds. The molecule has 2 rings (SSSR count). The van der Waals surface area contributed by atoms with E-state index in [1.54, 1.807) is 23.1 Å². The van der Waals surface area contributed by atoms with Gasteiger partial charge in [-0.15, -0.1) is 0 Å². The van der Waals surface area contributed by atoms with Gasteiger partial charge in [0.15, 0.2) is 0 Å². The van der Waals surface area contributed by atoms with Gasteiger partial charge in [-0.3, -0.25) is 4.79 Å². The van der Waals surface area contributed by atoms with Gasteiger partial charge in [0.25, 0.3) is 5.91 Å². The Morgan fingerprint density at radius 2 is 2.25 bits per heavy atom. The first-order valence-electron chi connectivity index (χ1n) is 5.35. The molecule has 1 unspecified atom stereocenters. The Labute approximate surface area is 94.1 Å². The minimum atomic E-state index is -0.434. The summed E-state index contributed by atoms with van der Waals surface area (Å²) < 4.78 is 0. The van der Waals surface area contributed by atoms with Crippen LogP contribution >= 0.6 is 0 Å². The fourth-order valence-electron chi connectivity index (χ4n) is 1.92. The molecule has 1 atom stereocenters. The van der Waals surface area contributed by atoms with Crippen molar-refractivity contribution in [3.05, 3.63) is 29.3 Å². The molecule has 0 saturated carbocycles. The Balaban J connectivity index is 2.21. The first-order valence-corrected chi connectivity index (χ1v) is 5.35. The smallest absolute Gasteiger partial charge is 0.257 e. The van der Waals surface area contributed by atoms with Gasteiger partial charge in [0, 0.05) is 13.1 Å². The first kappa shape index (κ1) is 11.0. The van der Waals surface area contributed by atoms with Gasteiger partial charge < -0.3 is 15.1 Å². The SMILES string of the molecule is Cc1ccc(C(=O)N2CCC(O)C2)c(O)c1. The van der Waals surface area contributed by atoms with E-state index in [0.717, 1.165) is 5.56 Å². The van der Waals surface area contributed by atoms with Crippen LogP contribution in [0.25, 0.3) is 0 Å². The third-order valence-electron chi connectivity index (χ3n) is 2.83. The van der Waals surface area contributed by atoms with Crippen LogP contribution in [-0.4, -0.2) is 40.2 Å². The van der Waals surface area contributed by atoms with Crippen LogP contribution in [0.5, 0.6) is 5.75 Å². The molecule has 1 heterocycles. The molecule has 0 aromatic heterocycles. The molecule has 1 fully saturated rings. The number of benzene rings is 1. The Morgan fingerprint density at radius 1 is 1.50 bits per heavy atom. The Kier molecular flexibility index (Phi) is 2.83. The normalized spacial score (nSPS) is 20.1. The van der Waals surface area contributed by atoms with E-state index in [4.69, 9.17) is 0 Å². The average Bonchev–Trinajstić information content (AvgIpc) is 2.64.